The van der Waals surface area contributed by atoms with Gasteiger partial charge in [0.15, 0.2) is 0 Å². The summed E-state index contributed by atoms with van der Waals surface area (Å²) in [4.78, 5) is 6.35. The van der Waals surface area contributed by atoms with Crippen LogP contribution in [0.3, 0.4) is 0 Å². The highest BCUT2D eigenvalue weighted by Gasteiger charge is 2.29. The number of hydrogen-bond donors (Lipinski definition) is 1. The number of aromatic nitrogens is 1. The summed E-state index contributed by atoms with van der Waals surface area (Å²) in [5.41, 5.74) is 2.55. The van der Waals surface area contributed by atoms with Gasteiger partial charge in [-0.05, 0) is 31.9 Å². The molecule has 0 saturated heterocycles. The first-order chi connectivity index (χ1) is 9.79. The maximum Gasteiger partial charge on any atom is 0.125 e. The third kappa shape index (κ3) is 3.13. The van der Waals surface area contributed by atoms with E-state index in [0.717, 1.165) is 22.6 Å². The van der Waals surface area contributed by atoms with Crippen LogP contribution in [-0.4, -0.2) is 11.5 Å². The van der Waals surface area contributed by atoms with Crippen LogP contribution in [0.25, 0.3) is 10.6 Å². The molecule has 2 nitrogen and oxygen atoms in total. The van der Waals surface area contributed by atoms with Gasteiger partial charge in [0.05, 0.1) is 5.69 Å². The average molecular weight is 351 g/mol. The van der Waals surface area contributed by atoms with E-state index in [1.165, 1.54) is 35.4 Å². The lowest BCUT2D eigenvalue weighted by molar-refractivity contribution is 0.676. The molecule has 1 aromatic carbocycles. The molecule has 0 amide bonds. The zero-order valence-electron chi connectivity index (χ0n) is 11.7. The first-order valence-electron chi connectivity index (χ1n) is 7.24. The van der Waals surface area contributed by atoms with Gasteiger partial charge < -0.3 is 5.32 Å². The van der Waals surface area contributed by atoms with E-state index < -0.39 is 0 Å². The second-order valence-corrected chi connectivity index (χ2v) is 7.20. The van der Waals surface area contributed by atoms with Gasteiger partial charge in [-0.2, -0.15) is 0 Å². The molecular weight excluding hydrogens is 332 g/mol. The number of benzene rings is 1. The van der Waals surface area contributed by atoms with E-state index in [1.54, 1.807) is 0 Å². The number of halogens is 1. The van der Waals surface area contributed by atoms with E-state index in [4.69, 9.17) is 4.98 Å². The Labute approximate surface area is 132 Å². The molecule has 0 aliphatic heterocycles. The molecule has 3 rings (SSSR count). The molecule has 2 aromatic rings. The van der Waals surface area contributed by atoms with Crippen LogP contribution < -0.4 is 5.32 Å². The Morgan fingerprint density at radius 3 is 2.85 bits per heavy atom. The molecule has 1 fully saturated rings. The molecule has 106 valence electrons. The van der Waals surface area contributed by atoms with E-state index in [1.807, 2.05) is 17.4 Å². The van der Waals surface area contributed by atoms with Crippen LogP contribution in [0.4, 0.5) is 0 Å². The molecule has 0 radical (unpaired) electrons. The van der Waals surface area contributed by atoms with E-state index >= 15 is 0 Å². The summed E-state index contributed by atoms with van der Waals surface area (Å²) in [6.45, 7) is 4.24. The Hall–Kier alpha value is -0.710. The number of hydrogen-bond acceptors (Lipinski definition) is 3. The van der Waals surface area contributed by atoms with Gasteiger partial charge in [0.1, 0.15) is 5.01 Å². The molecule has 1 aromatic heterocycles. The highest BCUT2D eigenvalue weighted by Crippen LogP contribution is 2.44. The zero-order valence-corrected chi connectivity index (χ0v) is 14.1. The Morgan fingerprint density at radius 2 is 2.15 bits per heavy atom. The van der Waals surface area contributed by atoms with Crippen molar-refractivity contribution in [1.82, 2.24) is 10.3 Å². The van der Waals surface area contributed by atoms with Crippen molar-refractivity contribution in [3.63, 3.8) is 0 Å². The van der Waals surface area contributed by atoms with Crippen LogP contribution in [-0.2, 0) is 6.54 Å². The molecule has 1 aliphatic rings. The van der Waals surface area contributed by atoms with E-state index in [2.05, 4.69) is 46.4 Å². The minimum atomic E-state index is 0.709. The molecule has 1 saturated carbocycles. The van der Waals surface area contributed by atoms with Crippen LogP contribution >= 0.6 is 27.3 Å². The summed E-state index contributed by atoms with van der Waals surface area (Å²) in [7, 11) is 0. The normalized spacial score (nSPS) is 14.7. The molecule has 1 heterocycles. The summed E-state index contributed by atoms with van der Waals surface area (Å²) in [6, 6.07) is 8.35. The van der Waals surface area contributed by atoms with Crippen molar-refractivity contribution in [2.75, 3.05) is 6.54 Å². The molecule has 0 bridgehead atoms. The summed E-state index contributed by atoms with van der Waals surface area (Å²) in [5, 5.41) is 4.66. The van der Waals surface area contributed by atoms with Crippen LogP contribution in [0, 0.1) is 0 Å². The molecule has 4 heteroatoms. The minimum Gasteiger partial charge on any atom is -0.312 e. The maximum absolute atomic E-state index is 4.93. The van der Waals surface area contributed by atoms with Crippen molar-refractivity contribution in [2.45, 2.75) is 38.6 Å². The molecule has 20 heavy (non-hydrogen) atoms. The predicted molar refractivity (Wildman–Crippen MR) is 89.2 cm³/mol. The fourth-order valence-corrected chi connectivity index (χ4v) is 4.05. The van der Waals surface area contributed by atoms with Gasteiger partial charge in [0, 0.05) is 27.4 Å². The topological polar surface area (TPSA) is 24.9 Å². The lowest BCUT2D eigenvalue weighted by atomic mass is 10.2. The summed E-state index contributed by atoms with van der Waals surface area (Å²) < 4.78 is 1.13. The van der Waals surface area contributed by atoms with Gasteiger partial charge in [0.25, 0.3) is 0 Å². The smallest absolute Gasteiger partial charge is 0.125 e. The third-order valence-corrected chi connectivity index (χ3v) is 5.30. The molecule has 0 unspecified atom stereocenters. The number of nitrogens with zero attached hydrogens (tertiary/aromatic N) is 1. The second kappa shape index (κ2) is 6.37. The third-order valence-electron chi connectivity index (χ3n) is 3.51. The summed E-state index contributed by atoms with van der Waals surface area (Å²) in [6.07, 6.45) is 3.79. The molecule has 0 atom stereocenters. The van der Waals surface area contributed by atoms with Crippen LogP contribution in [0.1, 0.15) is 42.7 Å². The quantitative estimate of drug-likeness (QED) is 0.745. The fourth-order valence-electron chi connectivity index (χ4n) is 2.29. The summed E-state index contributed by atoms with van der Waals surface area (Å²) in [5.74, 6) is 0.709. The minimum absolute atomic E-state index is 0.709. The SMILES string of the molecule is CCCNCc1sc(-c2ccccc2Br)nc1C1CC1. The van der Waals surface area contributed by atoms with Gasteiger partial charge >= 0.3 is 0 Å². The van der Waals surface area contributed by atoms with Crippen LogP contribution in [0.15, 0.2) is 28.7 Å². The number of nitrogens with one attached hydrogen (secondary N) is 1. The van der Waals surface area contributed by atoms with Crippen LogP contribution in [0.5, 0.6) is 0 Å². The van der Waals surface area contributed by atoms with Crippen molar-refractivity contribution in [1.29, 1.82) is 0 Å². The molecule has 0 spiro atoms. The van der Waals surface area contributed by atoms with E-state index in [0.29, 0.717) is 5.92 Å². The van der Waals surface area contributed by atoms with E-state index in [9.17, 15) is 0 Å². The Morgan fingerprint density at radius 1 is 1.35 bits per heavy atom. The first kappa shape index (κ1) is 14.2. The number of rotatable bonds is 6. The lowest BCUT2D eigenvalue weighted by Crippen LogP contribution is -2.13. The van der Waals surface area contributed by atoms with E-state index in [-0.39, 0.29) is 0 Å². The highest BCUT2D eigenvalue weighted by atomic mass is 79.9. The average Bonchev–Trinajstić information content (AvgIpc) is 3.21. The molecular formula is C16H19BrN2S. The Kier molecular flexibility index (Phi) is 4.54. The van der Waals surface area contributed by atoms with Crippen molar-refractivity contribution in [3.8, 4) is 10.6 Å². The largest absolute Gasteiger partial charge is 0.312 e. The maximum atomic E-state index is 4.93. The number of thiazole rings is 1. The van der Waals surface area contributed by atoms with Gasteiger partial charge in [-0.15, -0.1) is 11.3 Å². The lowest BCUT2D eigenvalue weighted by Gasteiger charge is -2.01. The van der Waals surface area contributed by atoms with Crippen molar-refractivity contribution < 1.29 is 0 Å². The van der Waals surface area contributed by atoms with Crippen molar-refractivity contribution >= 4 is 27.3 Å². The van der Waals surface area contributed by atoms with Gasteiger partial charge in [-0.1, -0.05) is 41.1 Å². The zero-order chi connectivity index (χ0) is 13.9. The van der Waals surface area contributed by atoms with Crippen molar-refractivity contribution in [3.05, 3.63) is 39.3 Å². The predicted octanol–water partition coefficient (Wildman–Crippen LogP) is 4.95. The van der Waals surface area contributed by atoms with Crippen molar-refractivity contribution in [2.24, 2.45) is 0 Å². The second-order valence-electron chi connectivity index (χ2n) is 5.26. The first-order valence-corrected chi connectivity index (χ1v) is 8.85. The Bertz CT molecular complexity index is 590. The van der Waals surface area contributed by atoms with Gasteiger partial charge in [0.2, 0.25) is 0 Å². The molecule has 1 aliphatic carbocycles. The van der Waals surface area contributed by atoms with Gasteiger partial charge in [-0.3, -0.25) is 0 Å². The Balaban J connectivity index is 1.89. The standard InChI is InChI=1S/C16H19BrN2S/c1-2-9-18-10-14-15(11-7-8-11)19-16(20-14)12-5-3-4-6-13(12)17/h3-6,11,18H,2,7-10H2,1H3. The highest BCUT2D eigenvalue weighted by molar-refractivity contribution is 9.10. The van der Waals surface area contributed by atoms with Gasteiger partial charge in [-0.25, -0.2) is 4.98 Å². The monoisotopic (exact) mass is 350 g/mol. The fraction of sp³-hybridized carbons (Fsp3) is 0.438. The summed E-state index contributed by atoms with van der Waals surface area (Å²) >= 11 is 5.48. The molecule has 1 N–H and O–H groups in total. The van der Waals surface area contributed by atoms with Crippen LogP contribution in [0.2, 0.25) is 0 Å².